The Kier molecular flexibility index (Phi) is 3.53. The van der Waals surface area contributed by atoms with Crippen molar-refractivity contribution in [2.24, 2.45) is 0 Å². The molecule has 0 saturated carbocycles. The molecule has 0 aliphatic carbocycles. The van der Waals surface area contributed by atoms with Crippen molar-refractivity contribution in [2.75, 3.05) is 5.32 Å². The predicted octanol–water partition coefficient (Wildman–Crippen LogP) is 2.96. The fourth-order valence-electron chi connectivity index (χ4n) is 1.20. The lowest BCUT2D eigenvalue weighted by molar-refractivity contribution is 0.627. The minimum atomic E-state index is -0.260. The van der Waals surface area contributed by atoms with Crippen LogP contribution >= 0.6 is 0 Å². The highest BCUT2D eigenvalue weighted by atomic mass is 19.1. The van der Waals surface area contributed by atoms with Gasteiger partial charge in [-0.3, -0.25) is 0 Å². The van der Waals surface area contributed by atoms with Crippen LogP contribution in [0.25, 0.3) is 0 Å². The Bertz CT molecular complexity index is 352. The summed E-state index contributed by atoms with van der Waals surface area (Å²) in [4.78, 5) is 0. The molecule has 1 aromatic carbocycles. The summed E-state index contributed by atoms with van der Waals surface area (Å²) in [5, 5.41) is 2.98. The number of terminal acetylenes is 1. The van der Waals surface area contributed by atoms with E-state index in [9.17, 15) is 4.39 Å². The lowest BCUT2D eigenvalue weighted by Gasteiger charge is -2.13. The molecule has 14 heavy (non-hydrogen) atoms. The Morgan fingerprint density at radius 2 is 2.29 bits per heavy atom. The van der Waals surface area contributed by atoms with Gasteiger partial charge >= 0.3 is 0 Å². The Morgan fingerprint density at radius 3 is 2.86 bits per heavy atom. The van der Waals surface area contributed by atoms with Gasteiger partial charge in [-0.2, -0.15) is 0 Å². The molecule has 0 fully saturated rings. The quantitative estimate of drug-likeness (QED) is 0.724. The molecule has 0 aromatic heterocycles. The number of benzene rings is 1. The van der Waals surface area contributed by atoms with Gasteiger partial charge in [0.1, 0.15) is 5.82 Å². The van der Waals surface area contributed by atoms with Crippen molar-refractivity contribution in [1.29, 1.82) is 0 Å². The second-order valence-corrected chi connectivity index (χ2v) is 3.26. The summed E-state index contributed by atoms with van der Waals surface area (Å²) < 4.78 is 13.3. The van der Waals surface area contributed by atoms with Gasteiger partial charge in [0, 0.05) is 0 Å². The summed E-state index contributed by atoms with van der Waals surface area (Å²) in [7, 11) is 0. The maximum Gasteiger partial charge on any atom is 0.146 e. The molecule has 0 spiro atoms. The number of aryl methyl sites for hydroxylation is 1. The first-order valence-corrected chi connectivity index (χ1v) is 4.66. The predicted molar refractivity (Wildman–Crippen MR) is 57.7 cm³/mol. The average Bonchev–Trinajstić information content (AvgIpc) is 2.19. The molecular formula is C12H14FN. The second-order valence-electron chi connectivity index (χ2n) is 3.26. The van der Waals surface area contributed by atoms with Crippen LogP contribution in [0, 0.1) is 25.1 Å². The highest BCUT2D eigenvalue weighted by Gasteiger charge is 2.06. The van der Waals surface area contributed by atoms with E-state index in [1.807, 2.05) is 13.8 Å². The van der Waals surface area contributed by atoms with E-state index in [1.54, 1.807) is 12.1 Å². The van der Waals surface area contributed by atoms with E-state index < -0.39 is 0 Å². The molecule has 1 nitrogen and oxygen atoms in total. The summed E-state index contributed by atoms with van der Waals surface area (Å²) in [6, 6.07) is 4.83. The zero-order valence-electron chi connectivity index (χ0n) is 8.47. The number of hydrogen-bond acceptors (Lipinski definition) is 1. The van der Waals surface area contributed by atoms with E-state index in [2.05, 4.69) is 11.2 Å². The highest BCUT2D eigenvalue weighted by molar-refractivity contribution is 5.49. The fraction of sp³-hybridized carbons (Fsp3) is 0.333. The minimum absolute atomic E-state index is 0.105. The molecule has 0 radical (unpaired) electrons. The molecule has 1 rings (SSSR count). The maximum atomic E-state index is 13.3. The minimum Gasteiger partial charge on any atom is -0.369 e. The molecule has 0 aliphatic rings. The van der Waals surface area contributed by atoms with Crippen LogP contribution < -0.4 is 5.32 Å². The van der Waals surface area contributed by atoms with Gasteiger partial charge in [-0.1, -0.05) is 18.9 Å². The van der Waals surface area contributed by atoms with Crippen molar-refractivity contribution in [3.8, 4) is 12.3 Å². The van der Waals surface area contributed by atoms with Crippen LogP contribution in [0.4, 0.5) is 10.1 Å². The van der Waals surface area contributed by atoms with Crippen LogP contribution in [0.15, 0.2) is 18.2 Å². The highest BCUT2D eigenvalue weighted by Crippen LogP contribution is 2.16. The van der Waals surface area contributed by atoms with Gasteiger partial charge in [0.25, 0.3) is 0 Å². The summed E-state index contributed by atoms with van der Waals surface area (Å²) in [6.07, 6.45) is 6.07. The van der Waals surface area contributed by atoms with Crippen molar-refractivity contribution in [3.63, 3.8) is 0 Å². The lowest BCUT2D eigenvalue weighted by atomic mass is 10.2. The van der Waals surface area contributed by atoms with Gasteiger partial charge in [-0.05, 0) is 31.0 Å². The van der Waals surface area contributed by atoms with Crippen LogP contribution in [-0.4, -0.2) is 6.04 Å². The van der Waals surface area contributed by atoms with Crippen molar-refractivity contribution in [3.05, 3.63) is 29.6 Å². The monoisotopic (exact) mass is 191 g/mol. The van der Waals surface area contributed by atoms with Crippen LogP contribution in [0.1, 0.15) is 18.9 Å². The number of anilines is 1. The average molecular weight is 191 g/mol. The van der Waals surface area contributed by atoms with E-state index in [0.717, 1.165) is 12.0 Å². The van der Waals surface area contributed by atoms with Crippen LogP contribution in [-0.2, 0) is 0 Å². The molecule has 1 aromatic rings. The van der Waals surface area contributed by atoms with Crippen molar-refractivity contribution < 1.29 is 4.39 Å². The maximum absolute atomic E-state index is 13.3. The Morgan fingerprint density at radius 1 is 1.57 bits per heavy atom. The van der Waals surface area contributed by atoms with E-state index in [-0.39, 0.29) is 11.9 Å². The number of halogens is 1. The topological polar surface area (TPSA) is 12.0 Å². The molecule has 0 saturated heterocycles. The van der Waals surface area contributed by atoms with Gasteiger partial charge < -0.3 is 5.32 Å². The Balaban J connectivity index is 2.86. The van der Waals surface area contributed by atoms with Crippen molar-refractivity contribution >= 4 is 5.69 Å². The van der Waals surface area contributed by atoms with Gasteiger partial charge in [-0.25, -0.2) is 4.39 Å². The molecule has 2 heteroatoms. The summed E-state index contributed by atoms with van der Waals surface area (Å²) in [5.41, 5.74) is 1.50. The Hall–Kier alpha value is -1.49. The van der Waals surface area contributed by atoms with E-state index >= 15 is 0 Å². The van der Waals surface area contributed by atoms with E-state index in [4.69, 9.17) is 6.42 Å². The van der Waals surface area contributed by atoms with Crippen LogP contribution in [0.5, 0.6) is 0 Å². The molecule has 0 bridgehead atoms. The first kappa shape index (κ1) is 10.6. The molecule has 1 N–H and O–H groups in total. The normalized spacial score (nSPS) is 11.9. The molecule has 0 heterocycles. The zero-order chi connectivity index (χ0) is 10.6. The molecule has 1 atom stereocenters. The summed E-state index contributed by atoms with van der Waals surface area (Å²) in [6.45, 7) is 3.88. The van der Waals surface area contributed by atoms with Crippen LogP contribution in [0.3, 0.4) is 0 Å². The Labute approximate surface area is 84.3 Å². The number of nitrogens with one attached hydrogen (secondary N) is 1. The summed E-state index contributed by atoms with van der Waals surface area (Å²) in [5.74, 6) is 2.31. The van der Waals surface area contributed by atoms with Gasteiger partial charge in [0.05, 0.1) is 11.7 Å². The van der Waals surface area contributed by atoms with E-state index in [1.165, 1.54) is 6.07 Å². The third-order valence-corrected chi connectivity index (χ3v) is 2.06. The third kappa shape index (κ3) is 2.50. The molecule has 1 unspecified atom stereocenters. The van der Waals surface area contributed by atoms with Gasteiger partial charge in [0.15, 0.2) is 0 Å². The van der Waals surface area contributed by atoms with Crippen LogP contribution in [0.2, 0.25) is 0 Å². The first-order chi connectivity index (χ1) is 6.67. The smallest absolute Gasteiger partial charge is 0.146 e. The first-order valence-electron chi connectivity index (χ1n) is 4.66. The standard InChI is InChI=1S/C12H14FN/c1-4-10(5-2)14-12-8-9(3)6-7-11(12)13/h1,6-8,10,14H,5H2,2-3H3. The third-order valence-electron chi connectivity index (χ3n) is 2.06. The van der Waals surface area contributed by atoms with Crippen molar-refractivity contribution in [2.45, 2.75) is 26.3 Å². The fourth-order valence-corrected chi connectivity index (χ4v) is 1.20. The number of hydrogen-bond donors (Lipinski definition) is 1. The molecular weight excluding hydrogens is 177 g/mol. The van der Waals surface area contributed by atoms with Crippen molar-refractivity contribution in [1.82, 2.24) is 0 Å². The number of rotatable bonds is 3. The lowest BCUT2D eigenvalue weighted by Crippen LogP contribution is -2.16. The largest absolute Gasteiger partial charge is 0.369 e. The van der Waals surface area contributed by atoms with Gasteiger partial charge in [-0.15, -0.1) is 6.42 Å². The van der Waals surface area contributed by atoms with E-state index in [0.29, 0.717) is 5.69 Å². The SMILES string of the molecule is C#CC(CC)Nc1cc(C)ccc1F. The van der Waals surface area contributed by atoms with Gasteiger partial charge in [0.2, 0.25) is 0 Å². The molecule has 0 amide bonds. The molecule has 0 aliphatic heterocycles. The second kappa shape index (κ2) is 4.66. The molecule has 74 valence electrons. The zero-order valence-corrected chi connectivity index (χ0v) is 8.47. The summed E-state index contributed by atoms with van der Waals surface area (Å²) >= 11 is 0.